The molecule has 9 nitrogen and oxygen atoms in total. The molecule has 3 aromatic rings. The van der Waals surface area contributed by atoms with Crippen LogP contribution < -0.4 is 10.2 Å². The largest absolute Gasteiger partial charge is 0.464 e. The highest BCUT2D eigenvalue weighted by Crippen LogP contribution is 2.32. The number of nitrogens with zero attached hydrogens (tertiary/aromatic N) is 3. The molecule has 1 aromatic carbocycles. The van der Waals surface area contributed by atoms with Crippen molar-refractivity contribution in [2.75, 3.05) is 38.3 Å². The Morgan fingerprint density at radius 3 is 2.62 bits per heavy atom. The van der Waals surface area contributed by atoms with Crippen LogP contribution in [0, 0.1) is 5.82 Å². The fourth-order valence-corrected chi connectivity index (χ4v) is 3.60. The van der Waals surface area contributed by atoms with E-state index in [0.717, 1.165) is 0 Å². The van der Waals surface area contributed by atoms with Gasteiger partial charge in [-0.2, -0.15) is 0 Å². The third-order valence-corrected chi connectivity index (χ3v) is 5.35. The number of methoxy groups -OCH3 is 1. The predicted molar refractivity (Wildman–Crippen MR) is 139 cm³/mol. The Hall–Kier alpha value is -3.50. The minimum absolute atomic E-state index is 0.0294. The number of pyridine rings is 2. The fraction of sp³-hybridized carbons (Fsp3) is 0.385. The number of fused-ring (bicyclic) bond motifs is 1. The summed E-state index contributed by atoms with van der Waals surface area (Å²) in [4.78, 5) is 34.5. The summed E-state index contributed by atoms with van der Waals surface area (Å²) in [5.41, 5.74) is 1.85. The number of carbonyl (C=O) groups excluding carboxylic acids is 2. The van der Waals surface area contributed by atoms with Gasteiger partial charge in [-0.1, -0.05) is 11.6 Å². The summed E-state index contributed by atoms with van der Waals surface area (Å²) in [6, 6.07) is 9.37. The molecule has 0 radical (unpaired) electrons. The molecule has 0 aliphatic carbocycles. The summed E-state index contributed by atoms with van der Waals surface area (Å²) in [5, 5.41) is 2.66. The number of hydrogen-bond acceptors (Lipinski definition) is 8. The summed E-state index contributed by atoms with van der Waals surface area (Å²) >= 11 is 6.07. The van der Waals surface area contributed by atoms with Crippen molar-refractivity contribution >= 4 is 46.1 Å². The maximum Gasteiger partial charge on any atom is 0.407 e. The predicted octanol–water partition coefficient (Wildman–Crippen LogP) is 5.28. The van der Waals surface area contributed by atoms with Crippen LogP contribution in [0.15, 0.2) is 42.6 Å². The lowest BCUT2D eigenvalue weighted by Crippen LogP contribution is -2.33. The molecular formula is C26H30ClFN4O5. The molecule has 0 atom stereocenters. The highest BCUT2D eigenvalue weighted by molar-refractivity contribution is 6.31. The number of benzene rings is 1. The number of carbonyl (C=O) groups is 2. The SMILES string of the molecule is COC(=O)c1ccc2nccc(N(CCOCCCNC(=O)OC(C)(C)C)c3ccc(F)c(Cl)c3)c2n1. The summed E-state index contributed by atoms with van der Waals surface area (Å²) in [6.07, 6.45) is 1.73. The Bertz CT molecular complexity index is 1250. The average Bonchev–Trinajstić information content (AvgIpc) is 2.85. The van der Waals surface area contributed by atoms with E-state index in [1.54, 1.807) is 51.2 Å². The molecule has 11 heteroatoms. The van der Waals surface area contributed by atoms with Gasteiger partial charge in [0.15, 0.2) is 0 Å². The van der Waals surface area contributed by atoms with Gasteiger partial charge in [0.25, 0.3) is 0 Å². The molecule has 2 aromatic heterocycles. The highest BCUT2D eigenvalue weighted by Gasteiger charge is 2.18. The van der Waals surface area contributed by atoms with Crippen LogP contribution in [0.4, 0.5) is 20.6 Å². The lowest BCUT2D eigenvalue weighted by Gasteiger charge is -2.26. The number of hydrogen-bond donors (Lipinski definition) is 1. The summed E-state index contributed by atoms with van der Waals surface area (Å²) in [6.45, 7) is 6.87. The number of esters is 1. The molecule has 0 unspecified atom stereocenters. The van der Waals surface area contributed by atoms with Crippen molar-refractivity contribution in [1.29, 1.82) is 0 Å². The second kappa shape index (κ2) is 12.6. The average molecular weight is 533 g/mol. The van der Waals surface area contributed by atoms with E-state index in [4.69, 9.17) is 25.8 Å². The van der Waals surface area contributed by atoms with Crippen molar-refractivity contribution in [1.82, 2.24) is 15.3 Å². The summed E-state index contributed by atoms with van der Waals surface area (Å²) in [5.74, 6) is -1.11. The van der Waals surface area contributed by atoms with Gasteiger partial charge in [0, 0.05) is 31.6 Å². The Labute approximate surface area is 219 Å². The normalized spacial score (nSPS) is 11.3. The van der Waals surface area contributed by atoms with Gasteiger partial charge in [-0.15, -0.1) is 0 Å². The molecule has 0 aliphatic rings. The van der Waals surface area contributed by atoms with Crippen LogP contribution in [0.3, 0.4) is 0 Å². The number of nitrogens with one attached hydrogen (secondary N) is 1. The molecule has 37 heavy (non-hydrogen) atoms. The van der Waals surface area contributed by atoms with Gasteiger partial charge in [0.1, 0.15) is 22.6 Å². The van der Waals surface area contributed by atoms with Gasteiger partial charge in [0.05, 0.1) is 29.9 Å². The first-order chi connectivity index (χ1) is 17.6. The fourth-order valence-electron chi connectivity index (χ4n) is 3.43. The van der Waals surface area contributed by atoms with Gasteiger partial charge >= 0.3 is 12.1 Å². The van der Waals surface area contributed by atoms with Crippen LogP contribution in [0.5, 0.6) is 0 Å². The molecule has 198 valence electrons. The van der Waals surface area contributed by atoms with E-state index in [0.29, 0.717) is 55.1 Å². The van der Waals surface area contributed by atoms with Gasteiger partial charge in [-0.05, 0) is 63.6 Å². The first-order valence-electron chi connectivity index (χ1n) is 11.7. The van der Waals surface area contributed by atoms with Crippen LogP contribution in [0.2, 0.25) is 5.02 Å². The molecule has 1 amide bonds. The number of anilines is 2. The van der Waals surface area contributed by atoms with Crippen molar-refractivity contribution in [2.24, 2.45) is 0 Å². The first kappa shape index (κ1) is 28.1. The number of amides is 1. The first-order valence-corrected chi connectivity index (χ1v) is 12.1. The Kier molecular flexibility index (Phi) is 9.60. The van der Waals surface area contributed by atoms with E-state index in [2.05, 4.69) is 15.3 Å². The maximum atomic E-state index is 13.9. The maximum absolute atomic E-state index is 13.9. The lowest BCUT2D eigenvalue weighted by atomic mass is 10.2. The summed E-state index contributed by atoms with van der Waals surface area (Å²) in [7, 11) is 1.28. The van der Waals surface area contributed by atoms with Crippen molar-refractivity contribution in [3.63, 3.8) is 0 Å². The molecular weight excluding hydrogens is 503 g/mol. The van der Waals surface area contributed by atoms with Crippen molar-refractivity contribution in [3.05, 3.63) is 59.1 Å². The molecule has 2 heterocycles. The van der Waals surface area contributed by atoms with E-state index in [1.807, 2.05) is 4.90 Å². The van der Waals surface area contributed by atoms with Crippen LogP contribution in [0.25, 0.3) is 11.0 Å². The summed E-state index contributed by atoms with van der Waals surface area (Å²) < 4.78 is 29.7. The smallest absolute Gasteiger partial charge is 0.407 e. The number of halogens is 2. The second-order valence-corrected chi connectivity index (χ2v) is 9.44. The van der Waals surface area contributed by atoms with Crippen LogP contribution >= 0.6 is 11.6 Å². The van der Waals surface area contributed by atoms with Crippen LogP contribution in [0.1, 0.15) is 37.7 Å². The van der Waals surface area contributed by atoms with E-state index >= 15 is 0 Å². The van der Waals surface area contributed by atoms with Crippen molar-refractivity contribution in [3.8, 4) is 0 Å². The van der Waals surface area contributed by atoms with Crippen molar-refractivity contribution < 1.29 is 28.2 Å². The third kappa shape index (κ3) is 7.99. The van der Waals surface area contributed by atoms with E-state index in [-0.39, 0.29) is 10.7 Å². The molecule has 3 rings (SSSR count). The Morgan fingerprint density at radius 1 is 1.14 bits per heavy atom. The van der Waals surface area contributed by atoms with Gasteiger partial charge in [-0.3, -0.25) is 4.98 Å². The standard InChI is InChI=1S/C26H30ClFN4O5/c1-26(2,3)37-25(34)30-11-5-14-36-15-13-32(17-6-7-19(28)18(27)16-17)22-10-12-29-20-8-9-21(24(33)35-4)31-23(20)22/h6-10,12,16H,5,11,13-15H2,1-4H3,(H,30,34). The van der Waals surface area contributed by atoms with Gasteiger partial charge in [0.2, 0.25) is 0 Å². The number of ether oxygens (including phenoxy) is 3. The van der Waals surface area contributed by atoms with Crippen LogP contribution in [-0.2, 0) is 14.2 Å². The van der Waals surface area contributed by atoms with Gasteiger partial charge < -0.3 is 24.4 Å². The lowest BCUT2D eigenvalue weighted by molar-refractivity contribution is 0.0519. The highest BCUT2D eigenvalue weighted by atomic mass is 35.5. The van der Waals surface area contributed by atoms with Crippen molar-refractivity contribution in [2.45, 2.75) is 32.8 Å². The minimum Gasteiger partial charge on any atom is -0.464 e. The zero-order valence-electron chi connectivity index (χ0n) is 21.2. The minimum atomic E-state index is -0.573. The number of alkyl carbamates (subject to hydrolysis) is 1. The van der Waals surface area contributed by atoms with E-state index in [9.17, 15) is 14.0 Å². The number of rotatable bonds is 10. The Balaban J connectivity index is 1.73. The topological polar surface area (TPSA) is 103 Å². The van der Waals surface area contributed by atoms with E-state index < -0.39 is 23.5 Å². The van der Waals surface area contributed by atoms with Gasteiger partial charge in [-0.25, -0.2) is 19.0 Å². The Morgan fingerprint density at radius 2 is 1.92 bits per heavy atom. The quantitative estimate of drug-likeness (QED) is 0.278. The van der Waals surface area contributed by atoms with E-state index in [1.165, 1.54) is 19.2 Å². The molecule has 0 bridgehead atoms. The zero-order chi connectivity index (χ0) is 27.0. The second-order valence-electron chi connectivity index (χ2n) is 9.03. The van der Waals surface area contributed by atoms with Crippen LogP contribution in [-0.4, -0.2) is 61.0 Å². The monoisotopic (exact) mass is 532 g/mol. The zero-order valence-corrected chi connectivity index (χ0v) is 22.0. The number of aromatic nitrogens is 2. The molecule has 0 fully saturated rings. The third-order valence-electron chi connectivity index (χ3n) is 5.06. The molecule has 0 saturated carbocycles. The molecule has 0 aliphatic heterocycles. The molecule has 0 spiro atoms. The molecule has 0 saturated heterocycles. The molecule has 1 N–H and O–H groups in total.